The van der Waals surface area contributed by atoms with E-state index in [9.17, 15) is 24.8 Å². The van der Waals surface area contributed by atoms with Gasteiger partial charge >= 0.3 is 5.91 Å². The van der Waals surface area contributed by atoms with Crippen LogP contribution in [0.3, 0.4) is 0 Å². The van der Waals surface area contributed by atoms with Gasteiger partial charge in [-0.15, -0.1) is 11.3 Å². The number of aliphatic hydroxyl groups excluding tert-OH is 1. The Morgan fingerprint density at radius 3 is 2.29 bits per heavy atom. The van der Waals surface area contributed by atoms with E-state index in [-0.39, 0.29) is 17.0 Å². The van der Waals surface area contributed by atoms with E-state index in [0.717, 1.165) is 10.6 Å². The Labute approximate surface area is 181 Å². The molecule has 2 aromatic carbocycles. The van der Waals surface area contributed by atoms with Gasteiger partial charge in [-0.3, -0.25) is 24.6 Å². The van der Waals surface area contributed by atoms with Crippen LogP contribution in [-0.4, -0.2) is 26.7 Å². The van der Waals surface area contributed by atoms with Crippen LogP contribution in [0.5, 0.6) is 0 Å². The second-order valence-electron chi connectivity index (χ2n) is 7.02. The summed E-state index contributed by atoms with van der Waals surface area (Å²) < 4.78 is 0. The third-order valence-electron chi connectivity index (χ3n) is 5.13. The number of ketones is 1. The molecule has 1 fully saturated rings. The minimum Gasteiger partial charge on any atom is -0.507 e. The van der Waals surface area contributed by atoms with Crippen molar-refractivity contribution in [1.29, 1.82) is 0 Å². The number of aryl methyl sites for hydroxylation is 2. The van der Waals surface area contributed by atoms with E-state index in [4.69, 9.17) is 0 Å². The highest BCUT2D eigenvalue weighted by Crippen LogP contribution is 2.43. The van der Waals surface area contributed by atoms with Gasteiger partial charge in [-0.1, -0.05) is 30.3 Å². The minimum absolute atomic E-state index is 0.0874. The topological polar surface area (TPSA) is 114 Å². The number of hydrogen-bond acceptors (Lipinski definition) is 7. The summed E-state index contributed by atoms with van der Waals surface area (Å²) in [5, 5.41) is 22.3. The van der Waals surface area contributed by atoms with Gasteiger partial charge in [0.05, 0.1) is 22.2 Å². The summed E-state index contributed by atoms with van der Waals surface area (Å²) in [6.45, 7) is 3.66. The number of Topliss-reactive ketones (excluding diaryl/α,β-unsaturated/α-hetero) is 1. The number of nitro benzene ring substituents is 1. The van der Waals surface area contributed by atoms with Gasteiger partial charge in [0.1, 0.15) is 5.76 Å². The van der Waals surface area contributed by atoms with Gasteiger partial charge in [-0.2, -0.15) is 0 Å². The summed E-state index contributed by atoms with van der Waals surface area (Å²) in [6.07, 6.45) is 0. The summed E-state index contributed by atoms with van der Waals surface area (Å²) in [4.78, 5) is 43.1. The molecule has 31 heavy (non-hydrogen) atoms. The van der Waals surface area contributed by atoms with E-state index in [1.165, 1.54) is 40.5 Å². The zero-order chi connectivity index (χ0) is 22.3. The predicted molar refractivity (Wildman–Crippen MR) is 116 cm³/mol. The van der Waals surface area contributed by atoms with E-state index in [2.05, 4.69) is 4.98 Å². The standard InChI is InChI=1S/C22H17N3O5S/c1-12-13(2)31-22(23-12)24-18(14-8-10-16(11-9-14)25(29)30)17(20(27)21(24)28)19(26)15-6-4-3-5-7-15/h3-11,18,26H,1-2H3/b19-17+/t18-/m1/s1. The molecule has 0 bridgehead atoms. The van der Waals surface area contributed by atoms with Crippen molar-refractivity contribution in [2.75, 3.05) is 4.90 Å². The van der Waals surface area contributed by atoms with Crippen molar-refractivity contribution in [2.45, 2.75) is 19.9 Å². The van der Waals surface area contributed by atoms with Crippen LogP contribution in [0, 0.1) is 24.0 Å². The number of thiazole rings is 1. The fourth-order valence-electron chi connectivity index (χ4n) is 3.43. The second-order valence-corrected chi connectivity index (χ2v) is 8.20. The first-order valence-electron chi connectivity index (χ1n) is 9.34. The molecule has 4 rings (SSSR count). The number of rotatable bonds is 4. The fourth-order valence-corrected chi connectivity index (χ4v) is 4.37. The quantitative estimate of drug-likeness (QED) is 0.215. The Hall–Kier alpha value is -3.85. The number of carbonyl (C=O) groups is 2. The van der Waals surface area contributed by atoms with Crippen molar-refractivity contribution in [1.82, 2.24) is 4.98 Å². The molecule has 9 heteroatoms. The van der Waals surface area contributed by atoms with Crippen LogP contribution in [0.25, 0.3) is 5.76 Å². The smallest absolute Gasteiger partial charge is 0.301 e. The maximum atomic E-state index is 13.0. The maximum Gasteiger partial charge on any atom is 0.301 e. The first kappa shape index (κ1) is 20.4. The average molecular weight is 435 g/mol. The van der Waals surface area contributed by atoms with Crippen LogP contribution in [0.4, 0.5) is 10.8 Å². The molecular weight excluding hydrogens is 418 g/mol. The second kappa shape index (κ2) is 7.77. The highest BCUT2D eigenvalue weighted by molar-refractivity contribution is 7.16. The number of carbonyl (C=O) groups excluding carboxylic acids is 2. The molecule has 2 heterocycles. The van der Waals surface area contributed by atoms with Gasteiger partial charge in [0.2, 0.25) is 0 Å². The maximum absolute atomic E-state index is 13.0. The molecule has 8 nitrogen and oxygen atoms in total. The molecule has 0 spiro atoms. The number of benzene rings is 2. The van der Waals surface area contributed by atoms with Crippen LogP contribution in [0.1, 0.15) is 27.7 Å². The summed E-state index contributed by atoms with van der Waals surface area (Å²) in [6, 6.07) is 13.0. The van der Waals surface area contributed by atoms with Crippen molar-refractivity contribution in [3.63, 3.8) is 0 Å². The van der Waals surface area contributed by atoms with Gasteiger partial charge in [-0.25, -0.2) is 4.98 Å². The lowest BCUT2D eigenvalue weighted by Gasteiger charge is -2.22. The van der Waals surface area contributed by atoms with E-state index >= 15 is 0 Å². The van der Waals surface area contributed by atoms with Gasteiger partial charge in [0, 0.05) is 22.6 Å². The van der Waals surface area contributed by atoms with Gasteiger partial charge in [0.25, 0.3) is 11.5 Å². The molecule has 1 amide bonds. The number of amides is 1. The Bertz CT molecular complexity index is 1210. The zero-order valence-corrected chi connectivity index (χ0v) is 17.4. The lowest BCUT2D eigenvalue weighted by atomic mass is 9.95. The predicted octanol–water partition coefficient (Wildman–Crippen LogP) is 4.29. The minimum atomic E-state index is -0.967. The number of non-ortho nitro benzene ring substituents is 1. The lowest BCUT2D eigenvalue weighted by molar-refractivity contribution is -0.384. The van der Waals surface area contributed by atoms with E-state index < -0.39 is 22.7 Å². The first-order chi connectivity index (χ1) is 14.8. The number of aliphatic hydroxyl groups is 1. The fraction of sp³-hybridized carbons (Fsp3) is 0.136. The normalized spacial score (nSPS) is 17.9. The molecule has 0 unspecified atom stereocenters. The van der Waals surface area contributed by atoms with E-state index in [0.29, 0.717) is 16.3 Å². The first-order valence-corrected chi connectivity index (χ1v) is 10.2. The largest absolute Gasteiger partial charge is 0.507 e. The lowest BCUT2D eigenvalue weighted by Crippen LogP contribution is -2.29. The highest BCUT2D eigenvalue weighted by Gasteiger charge is 2.48. The third kappa shape index (κ3) is 3.49. The molecule has 156 valence electrons. The third-order valence-corrected chi connectivity index (χ3v) is 6.21. The van der Waals surface area contributed by atoms with Gasteiger partial charge < -0.3 is 5.11 Å². The van der Waals surface area contributed by atoms with Crippen LogP contribution < -0.4 is 4.90 Å². The van der Waals surface area contributed by atoms with Gasteiger partial charge in [0.15, 0.2) is 5.13 Å². The Kier molecular flexibility index (Phi) is 5.12. The number of anilines is 1. The molecule has 1 N–H and O–H groups in total. The summed E-state index contributed by atoms with van der Waals surface area (Å²) >= 11 is 1.26. The van der Waals surface area contributed by atoms with Crippen molar-refractivity contribution >= 4 is 39.6 Å². The molecule has 1 aromatic heterocycles. The molecular formula is C22H17N3O5S. The summed E-state index contributed by atoms with van der Waals surface area (Å²) in [5.74, 6) is -1.96. The number of hydrogen-bond donors (Lipinski definition) is 1. The molecule has 0 radical (unpaired) electrons. The van der Waals surface area contributed by atoms with E-state index in [1.54, 1.807) is 37.3 Å². The van der Waals surface area contributed by atoms with Crippen LogP contribution >= 0.6 is 11.3 Å². The van der Waals surface area contributed by atoms with Crippen molar-refractivity contribution < 1.29 is 19.6 Å². The van der Waals surface area contributed by atoms with Crippen LogP contribution in [0.2, 0.25) is 0 Å². The number of nitrogens with zero attached hydrogens (tertiary/aromatic N) is 3. The Morgan fingerprint density at radius 1 is 1.10 bits per heavy atom. The molecule has 0 saturated carbocycles. The molecule has 1 aliphatic heterocycles. The molecule has 1 atom stereocenters. The van der Waals surface area contributed by atoms with Crippen molar-refractivity contribution in [3.8, 4) is 0 Å². The number of nitro groups is 1. The average Bonchev–Trinajstić information content (AvgIpc) is 3.23. The Morgan fingerprint density at radius 2 is 1.74 bits per heavy atom. The number of aromatic nitrogens is 1. The van der Waals surface area contributed by atoms with Crippen LogP contribution in [-0.2, 0) is 9.59 Å². The molecule has 0 aliphatic carbocycles. The SMILES string of the molecule is Cc1nc(N2C(=O)C(=O)/C(=C(/O)c3ccccc3)[C@H]2c2ccc([N+](=O)[O-])cc2)sc1C. The monoisotopic (exact) mass is 435 g/mol. The molecule has 1 aliphatic rings. The molecule has 3 aromatic rings. The van der Waals surface area contributed by atoms with Crippen molar-refractivity contribution in [2.24, 2.45) is 0 Å². The Balaban J connectivity index is 1.94. The summed E-state index contributed by atoms with van der Waals surface area (Å²) in [5.41, 5.74) is 1.36. The summed E-state index contributed by atoms with van der Waals surface area (Å²) in [7, 11) is 0. The van der Waals surface area contributed by atoms with Gasteiger partial charge in [-0.05, 0) is 31.5 Å². The van der Waals surface area contributed by atoms with E-state index in [1.807, 2.05) is 6.92 Å². The van der Waals surface area contributed by atoms with Crippen LogP contribution in [0.15, 0.2) is 60.2 Å². The van der Waals surface area contributed by atoms with Crippen molar-refractivity contribution in [3.05, 3.63) is 92.0 Å². The zero-order valence-electron chi connectivity index (χ0n) is 16.6. The molecule has 1 saturated heterocycles. The highest BCUT2D eigenvalue weighted by atomic mass is 32.1.